The van der Waals surface area contributed by atoms with Crippen LogP contribution < -0.4 is 0 Å². The van der Waals surface area contributed by atoms with E-state index in [0.717, 1.165) is 15.7 Å². The standard InChI is InChI=1S/C15H18BrN3O/c1-10-5-6-12(7-11(10)2)15(20)18(3)9-14-13(16)8-17-19(14)4/h5-8H,9H2,1-4H3. The molecule has 0 atom stereocenters. The molecule has 0 bridgehead atoms. The lowest BCUT2D eigenvalue weighted by atomic mass is 10.1. The van der Waals surface area contributed by atoms with Crippen LogP contribution in [0.25, 0.3) is 0 Å². The predicted molar refractivity (Wildman–Crippen MR) is 82.6 cm³/mol. The summed E-state index contributed by atoms with van der Waals surface area (Å²) in [4.78, 5) is 14.1. The molecule has 0 aliphatic carbocycles. The quantitative estimate of drug-likeness (QED) is 0.864. The van der Waals surface area contributed by atoms with Gasteiger partial charge in [0.25, 0.3) is 5.91 Å². The van der Waals surface area contributed by atoms with Crippen LogP contribution in [0.1, 0.15) is 27.2 Å². The molecule has 0 saturated heterocycles. The number of benzene rings is 1. The van der Waals surface area contributed by atoms with Gasteiger partial charge in [0.2, 0.25) is 0 Å². The van der Waals surface area contributed by atoms with Gasteiger partial charge in [0.15, 0.2) is 0 Å². The van der Waals surface area contributed by atoms with Crippen LogP contribution in [0, 0.1) is 13.8 Å². The smallest absolute Gasteiger partial charge is 0.253 e. The summed E-state index contributed by atoms with van der Waals surface area (Å²) in [6, 6.07) is 5.79. The third-order valence-corrected chi connectivity index (χ3v) is 4.16. The number of hydrogen-bond acceptors (Lipinski definition) is 2. The first-order valence-electron chi connectivity index (χ1n) is 6.39. The van der Waals surface area contributed by atoms with E-state index in [4.69, 9.17) is 0 Å². The highest BCUT2D eigenvalue weighted by Gasteiger charge is 2.16. The van der Waals surface area contributed by atoms with Gasteiger partial charge in [-0.15, -0.1) is 0 Å². The Kier molecular flexibility index (Phi) is 4.28. The summed E-state index contributed by atoms with van der Waals surface area (Å²) in [5.41, 5.74) is 4.02. The van der Waals surface area contributed by atoms with Crippen molar-refractivity contribution < 1.29 is 4.79 Å². The molecule has 106 valence electrons. The van der Waals surface area contributed by atoms with Crippen LogP contribution in [-0.4, -0.2) is 27.6 Å². The lowest BCUT2D eigenvalue weighted by molar-refractivity contribution is 0.0781. The van der Waals surface area contributed by atoms with Gasteiger partial charge in [0, 0.05) is 19.7 Å². The molecule has 5 heteroatoms. The minimum atomic E-state index is 0.0150. The molecule has 2 rings (SSSR count). The van der Waals surface area contributed by atoms with E-state index in [9.17, 15) is 4.79 Å². The molecule has 4 nitrogen and oxygen atoms in total. The maximum absolute atomic E-state index is 12.4. The van der Waals surface area contributed by atoms with E-state index < -0.39 is 0 Å². The van der Waals surface area contributed by atoms with Crippen LogP contribution in [0.4, 0.5) is 0 Å². The van der Waals surface area contributed by atoms with E-state index in [-0.39, 0.29) is 5.91 Å². The topological polar surface area (TPSA) is 38.1 Å². The Hall–Kier alpha value is -1.62. The molecular formula is C15H18BrN3O. The van der Waals surface area contributed by atoms with Crippen LogP contribution in [-0.2, 0) is 13.6 Å². The number of nitrogens with zero attached hydrogens (tertiary/aromatic N) is 3. The Bertz CT molecular complexity index is 629. The molecule has 1 aromatic heterocycles. The lowest BCUT2D eigenvalue weighted by Gasteiger charge is -2.18. The number of hydrogen-bond donors (Lipinski definition) is 0. The SMILES string of the molecule is Cc1ccc(C(=O)N(C)Cc2c(Br)cnn2C)cc1C. The monoisotopic (exact) mass is 335 g/mol. The highest BCUT2D eigenvalue weighted by molar-refractivity contribution is 9.10. The molecule has 0 aliphatic heterocycles. The second kappa shape index (κ2) is 5.79. The van der Waals surface area contributed by atoms with Crippen molar-refractivity contribution in [2.24, 2.45) is 7.05 Å². The molecule has 0 fully saturated rings. The van der Waals surface area contributed by atoms with E-state index in [1.807, 2.05) is 39.1 Å². The van der Waals surface area contributed by atoms with Crippen molar-refractivity contribution in [2.45, 2.75) is 20.4 Å². The first kappa shape index (κ1) is 14.8. The van der Waals surface area contributed by atoms with Gasteiger partial charge in [0.1, 0.15) is 0 Å². The van der Waals surface area contributed by atoms with Crippen molar-refractivity contribution in [1.82, 2.24) is 14.7 Å². The molecule has 0 spiro atoms. The number of aryl methyl sites for hydroxylation is 3. The summed E-state index contributed by atoms with van der Waals surface area (Å²) in [6.45, 7) is 4.58. The fraction of sp³-hybridized carbons (Fsp3) is 0.333. The Balaban J connectivity index is 2.18. The lowest BCUT2D eigenvalue weighted by Crippen LogP contribution is -2.27. The fourth-order valence-corrected chi connectivity index (χ4v) is 2.48. The molecule has 20 heavy (non-hydrogen) atoms. The number of carbonyl (C=O) groups excluding carboxylic acids is 1. The van der Waals surface area contributed by atoms with E-state index >= 15 is 0 Å². The van der Waals surface area contributed by atoms with Gasteiger partial charge >= 0.3 is 0 Å². The first-order valence-corrected chi connectivity index (χ1v) is 7.18. The van der Waals surface area contributed by atoms with Gasteiger partial charge in [0.05, 0.1) is 22.9 Å². The Morgan fingerprint density at radius 3 is 2.60 bits per heavy atom. The maximum atomic E-state index is 12.4. The molecule has 1 amide bonds. The van der Waals surface area contributed by atoms with Crippen LogP contribution in [0.5, 0.6) is 0 Å². The van der Waals surface area contributed by atoms with Crippen molar-refractivity contribution in [1.29, 1.82) is 0 Å². The summed E-state index contributed by atoms with van der Waals surface area (Å²) < 4.78 is 2.69. The number of aromatic nitrogens is 2. The number of rotatable bonds is 3. The Morgan fingerprint density at radius 2 is 2.05 bits per heavy atom. The first-order chi connectivity index (χ1) is 9.40. The van der Waals surface area contributed by atoms with Crippen molar-refractivity contribution in [2.75, 3.05) is 7.05 Å². The molecular weight excluding hydrogens is 318 g/mol. The minimum absolute atomic E-state index is 0.0150. The summed E-state index contributed by atoms with van der Waals surface area (Å²) in [7, 11) is 3.67. The zero-order valence-electron chi connectivity index (χ0n) is 12.1. The molecule has 0 N–H and O–H groups in total. The van der Waals surface area contributed by atoms with Gasteiger partial charge in [-0.1, -0.05) is 6.07 Å². The van der Waals surface area contributed by atoms with Crippen LogP contribution in [0.2, 0.25) is 0 Å². The van der Waals surface area contributed by atoms with Gasteiger partial charge in [-0.05, 0) is 53.0 Å². The molecule has 2 aromatic rings. The predicted octanol–water partition coefficient (Wildman–Crippen LogP) is 3.07. The van der Waals surface area contributed by atoms with E-state index in [0.29, 0.717) is 12.1 Å². The Labute approximate surface area is 127 Å². The van der Waals surface area contributed by atoms with Crippen LogP contribution in [0.3, 0.4) is 0 Å². The van der Waals surface area contributed by atoms with E-state index in [1.54, 1.807) is 22.8 Å². The van der Waals surface area contributed by atoms with Crippen LogP contribution in [0.15, 0.2) is 28.9 Å². The van der Waals surface area contributed by atoms with Crippen molar-refractivity contribution >= 4 is 21.8 Å². The van der Waals surface area contributed by atoms with E-state index in [1.165, 1.54) is 5.56 Å². The van der Waals surface area contributed by atoms with E-state index in [2.05, 4.69) is 21.0 Å². The third kappa shape index (κ3) is 2.93. The molecule has 0 radical (unpaired) electrons. The highest BCUT2D eigenvalue weighted by Crippen LogP contribution is 2.18. The van der Waals surface area contributed by atoms with Gasteiger partial charge in [-0.3, -0.25) is 9.48 Å². The van der Waals surface area contributed by atoms with Gasteiger partial charge < -0.3 is 4.90 Å². The molecule has 1 aromatic carbocycles. The second-order valence-corrected chi connectivity index (χ2v) is 5.88. The van der Waals surface area contributed by atoms with Crippen molar-refractivity contribution in [3.8, 4) is 0 Å². The zero-order chi connectivity index (χ0) is 14.9. The molecule has 1 heterocycles. The summed E-state index contributed by atoms with van der Waals surface area (Å²) >= 11 is 3.45. The Morgan fingerprint density at radius 1 is 1.35 bits per heavy atom. The largest absolute Gasteiger partial charge is 0.336 e. The number of amides is 1. The van der Waals surface area contributed by atoms with Crippen molar-refractivity contribution in [3.05, 3.63) is 51.3 Å². The van der Waals surface area contributed by atoms with Crippen molar-refractivity contribution in [3.63, 3.8) is 0 Å². The molecule has 0 unspecified atom stereocenters. The van der Waals surface area contributed by atoms with Gasteiger partial charge in [-0.2, -0.15) is 5.10 Å². The zero-order valence-corrected chi connectivity index (χ0v) is 13.7. The van der Waals surface area contributed by atoms with Crippen LogP contribution >= 0.6 is 15.9 Å². The normalized spacial score (nSPS) is 10.7. The average molecular weight is 336 g/mol. The third-order valence-electron chi connectivity index (χ3n) is 3.50. The second-order valence-electron chi connectivity index (χ2n) is 5.02. The summed E-state index contributed by atoms with van der Waals surface area (Å²) in [5, 5.41) is 4.16. The maximum Gasteiger partial charge on any atom is 0.253 e. The number of carbonyl (C=O) groups is 1. The molecule has 0 aliphatic rings. The number of halogens is 1. The summed E-state index contributed by atoms with van der Waals surface area (Å²) in [6.07, 6.45) is 1.74. The highest BCUT2D eigenvalue weighted by atomic mass is 79.9. The average Bonchev–Trinajstić information content (AvgIpc) is 2.72. The van der Waals surface area contributed by atoms with Gasteiger partial charge in [-0.25, -0.2) is 0 Å². The fourth-order valence-electron chi connectivity index (χ4n) is 2.01. The molecule has 0 saturated carbocycles. The minimum Gasteiger partial charge on any atom is -0.336 e. The summed E-state index contributed by atoms with van der Waals surface area (Å²) in [5.74, 6) is 0.0150.